The molecule has 3 aromatic rings. The third kappa shape index (κ3) is 2.29. The molecular formula is C16H17N3OS. The first-order valence-corrected chi connectivity index (χ1v) is 7.51. The van der Waals surface area contributed by atoms with Crippen molar-refractivity contribution in [2.45, 2.75) is 6.92 Å². The summed E-state index contributed by atoms with van der Waals surface area (Å²) < 4.78 is 6.99. The van der Waals surface area contributed by atoms with Gasteiger partial charge in [-0.25, -0.2) is 0 Å². The SMILES string of the molecule is COc1csc(-c2nn(C)c(N)c2-c2ccccc2C)c1. The number of rotatable bonds is 3. The molecule has 0 bridgehead atoms. The fourth-order valence-corrected chi connectivity index (χ4v) is 3.22. The maximum Gasteiger partial charge on any atom is 0.130 e. The van der Waals surface area contributed by atoms with Gasteiger partial charge in [-0.3, -0.25) is 4.68 Å². The van der Waals surface area contributed by atoms with Gasteiger partial charge in [0.2, 0.25) is 0 Å². The van der Waals surface area contributed by atoms with E-state index in [-0.39, 0.29) is 0 Å². The summed E-state index contributed by atoms with van der Waals surface area (Å²) in [4.78, 5) is 1.05. The third-order valence-electron chi connectivity index (χ3n) is 3.55. The summed E-state index contributed by atoms with van der Waals surface area (Å²) in [5, 5.41) is 6.57. The van der Waals surface area contributed by atoms with Crippen molar-refractivity contribution in [3.63, 3.8) is 0 Å². The molecule has 0 aliphatic heterocycles. The second-order valence-electron chi connectivity index (χ2n) is 4.90. The summed E-state index contributed by atoms with van der Waals surface area (Å²) in [5.41, 5.74) is 10.4. The van der Waals surface area contributed by atoms with Crippen molar-refractivity contribution < 1.29 is 4.74 Å². The van der Waals surface area contributed by atoms with Gasteiger partial charge in [0, 0.05) is 18.5 Å². The lowest BCUT2D eigenvalue weighted by Crippen LogP contribution is -1.98. The van der Waals surface area contributed by atoms with Crippen LogP contribution in [0.4, 0.5) is 5.82 Å². The summed E-state index contributed by atoms with van der Waals surface area (Å²) in [6, 6.07) is 10.2. The summed E-state index contributed by atoms with van der Waals surface area (Å²) in [7, 11) is 3.53. The molecule has 21 heavy (non-hydrogen) atoms. The minimum absolute atomic E-state index is 0.673. The van der Waals surface area contributed by atoms with Crippen LogP contribution in [0, 0.1) is 6.92 Å². The number of methoxy groups -OCH3 is 1. The maximum atomic E-state index is 6.25. The van der Waals surface area contributed by atoms with Crippen LogP contribution in [0.5, 0.6) is 5.75 Å². The highest BCUT2D eigenvalue weighted by Crippen LogP contribution is 2.40. The minimum Gasteiger partial charge on any atom is -0.496 e. The fourth-order valence-electron chi connectivity index (χ4n) is 2.38. The Balaban J connectivity index is 2.23. The molecule has 0 atom stereocenters. The van der Waals surface area contributed by atoms with Gasteiger partial charge in [0.15, 0.2) is 0 Å². The van der Waals surface area contributed by atoms with Crippen LogP contribution >= 0.6 is 11.3 Å². The Hall–Kier alpha value is -2.27. The smallest absolute Gasteiger partial charge is 0.130 e. The molecule has 3 rings (SSSR count). The summed E-state index contributed by atoms with van der Waals surface area (Å²) in [6.45, 7) is 2.08. The Morgan fingerprint density at radius 3 is 2.71 bits per heavy atom. The zero-order chi connectivity index (χ0) is 15.0. The molecule has 0 spiro atoms. The first-order valence-electron chi connectivity index (χ1n) is 6.63. The zero-order valence-corrected chi connectivity index (χ0v) is 13.1. The Morgan fingerprint density at radius 2 is 2.05 bits per heavy atom. The number of ether oxygens (including phenoxy) is 1. The Morgan fingerprint density at radius 1 is 1.29 bits per heavy atom. The van der Waals surface area contributed by atoms with Gasteiger partial charge in [-0.2, -0.15) is 5.10 Å². The number of nitrogen functional groups attached to an aromatic ring is 1. The van der Waals surface area contributed by atoms with E-state index in [1.165, 1.54) is 5.56 Å². The highest BCUT2D eigenvalue weighted by Gasteiger charge is 2.20. The van der Waals surface area contributed by atoms with Gasteiger partial charge in [0.1, 0.15) is 17.3 Å². The van der Waals surface area contributed by atoms with Crippen molar-refractivity contribution >= 4 is 17.2 Å². The lowest BCUT2D eigenvalue weighted by molar-refractivity contribution is 0.417. The average Bonchev–Trinajstić information content (AvgIpc) is 3.06. The van der Waals surface area contributed by atoms with Gasteiger partial charge in [-0.15, -0.1) is 11.3 Å². The Kier molecular flexibility index (Phi) is 3.43. The van der Waals surface area contributed by atoms with Crippen LogP contribution < -0.4 is 10.5 Å². The fraction of sp³-hybridized carbons (Fsp3) is 0.188. The van der Waals surface area contributed by atoms with Crippen molar-refractivity contribution in [1.82, 2.24) is 9.78 Å². The predicted molar refractivity (Wildman–Crippen MR) is 87.7 cm³/mol. The number of aromatic nitrogens is 2. The third-order valence-corrected chi connectivity index (χ3v) is 4.47. The molecule has 2 N–H and O–H groups in total. The number of thiophene rings is 1. The van der Waals surface area contributed by atoms with E-state index in [1.54, 1.807) is 23.1 Å². The van der Waals surface area contributed by atoms with Crippen molar-refractivity contribution in [2.75, 3.05) is 12.8 Å². The highest BCUT2D eigenvalue weighted by atomic mass is 32.1. The molecule has 2 heterocycles. The highest BCUT2D eigenvalue weighted by molar-refractivity contribution is 7.13. The van der Waals surface area contributed by atoms with Crippen LogP contribution in [-0.4, -0.2) is 16.9 Å². The van der Waals surface area contributed by atoms with Crippen LogP contribution in [0.1, 0.15) is 5.56 Å². The molecule has 108 valence electrons. The number of anilines is 1. The molecule has 0 saturated carbocycles. The molecule has 2 aromatic heterocycles. The topological polar surface area (TPSA) is 53.1 Å². The average molecular weight is 299 g/mol. The zero-order valence-electron chi connectivity index (χ0n) is 12.3. The van der Waals surface area contributed by atoms with E-state index < -0.39 is 0 Å². The minimum atomic E-state index is 0.673. The first kappa shape index (κ1) is 13.7. The van der Waals surface area contributed by atoms with Crippen LogP contribution in [0.2, 0.25) is 0 Å². The Bertz CT molecular complexity index is 789. The standard InChI is InChI=1S/C16H17N3OS/c1-10-6-4-5-7-12(10)14-15(18-19(2)16(14)17)13-8-11(20-3)9-21-13/h4-9H,17H2,1-3H3. The maximum absolute atomic E-state index is 6.25. The van der Waals surface area contributed by atoms with Gasteiger partial charge < -0.3 is 10.5 Å². The molecule has 5 heteroatoms. The molecule has 0 unspecified atom stereocenters. The quantitative estimate of drug-likeness (QED) is 0.802. The number of hydrogen-bond acceptors (Lipinski definition) is 4. The molecular weight excluding hydrogens is 282 g/mol. The van der Waals surface area contributed by atoms with E-state index in [1.807, 2.05) is 30.6 Å². The van der Waals surface area contributed by atoms with Crippen molar-refractivity contribution in [3.8, 4) is 27.4 Å². The number of nitrogens with two attached hydrogens (primary N) is 1. The molecule has 0 amide bonds. The second kappa shape index (κ2) is 5.26. The van der Waals surface area contributed by atoms with Gasteiger partial charge in [0.25, 0.3) is 0 Å². The van der Waals surface area contributed by atoms with Crippen molar-refractivity contribution in [3.05, 3.63) is 41.3 Å². The number of nitrogens with zero attached hydrogens (tertiary/aromatic N) is 2. The van der Waals surface area contributed by atoms with E-state index in [0.717, 1.165) is 27.4 Å². The van der Waals surface area contributed by atoms with Crippen molar-refractivity contribution in [2.24, 2.45) is 7.05 Å². The molecule has 0 fully saturated rings. The predicted octanol–water partition coefficient (Wildman–Crippen LogP) is 3.71. The lowest BCUT2D eigenvalue weighted by Gasteiger charge is -2.06. The van der Waals surface area contributed by atoms with E-state index in [2.05, 4.69) is 24.2 Å². The summed E-state index contributed by atoms with van der Waals surface area (Å²) in [6.07, 6.45) is 0. The molecule has 0 radical (unpaired) electrons. The molecule has 0 aliphatic carbocycles. The largest absolute Gasteiger partial charge is 0.496 e. The summed E-state index contributed by atoms with van der Waals surface area (Å²) in [5.74, 6) is 1.52. The van der Waals surface area contributed by atoms with Gasteiger partial charge in [0.05, 0.1) is 17.6 Å². The normalized spacial score (nSPS) is 10.8. The van der Waals surface area contributed by atoms with Crippen LogP contribution in [0.3, 0.4) is 0 Å². The molecule has 1 aromatic carbocycles. The van der Waals surface area contributed by atoms with E-state index in [0.29, 0.717) is 5.82 Å². The lowest BCUT2D eigenvalue weighted by atomic mass is 10.00. The van der Waals surface area contributed by atoms with Crippen LogP contribution in [0.15, 0.2) is 35.7 Å². The van der Waals surface area contributed by atoms with Gasteiger partial charge in [-0.05, 0) is 18.1 Å². The monoisotopic (exact) mass is 299 g/mol. The van der Waals surface area contributed by atoms with Crippen LogP contribution in [-0.2, 0) is 7.05 Å². The Labute approximate surface area is 127 Å². The second-order valence-corrected chi connectivity index (χ2v) is 5.81. The number of hydrogen-bond donors (Lipinski definition) is 1. The van der Waals surface area contributed by atoms with Gasteiger partial charge in [-0.1, -0.05) is 24.3 Å². The van der Waals surface area contributed by atoms with E-state index >= 15 is 0 Å². The van der Waals surface area contributed by atoms with E-state index in [4.69, 9.17) is 10.5 Å². The van der Waals surface area contributed by atoms with E-state index in [9.17, 15) is 0 Å². The number of aryl methyl sites for hydroxylation is 2. The van der Waals surface area contributed by atoms with Gasteiger partial charge >= 0.3 is 0 Å². The molecule has 0 saturated heterocycles. The molecule has 0 aliphatic rings. The van der Waals surface area contributed by atoms with Crippen LogP contribution in [0.25, 0.3) is 21.7 Å². The summed E-state index contributed by atoms with van der Waals surface area (Å²) >= 11 is 1.61. The van der Waals surface area contributed by atoms with Crippen molar-refractivity contribution in [1.29, 1.82) is 0 Å². The number of benzene rings is 1. The molecule has 4 nitrogen and oxygen atoms in total. The first-order chi connectivity index (χ1) is 10.1.